The van der Waals surface area contributed by atoms with Gasteiger partial charge in [0.15, 0.2) is 0 Å². The van der Waals surface area contributed by atoms with Crippen molar-refractivity contribution in [3.8, 4) is 0 Å². The van der Waals surface area contributed by atoms with Crippen LogP contribution in [0.2, 0.25) is 5.02 Å². The number of aryl methyl sites for hydroxylation is 2. The topological polar surface area (TPSA) is 78.0 Å². The molecule has 0 aromatic heterocycles. The Labute approximate surface area is 248 Å². The molecule has 0 spiro atoms. The van der Waals surface area contributed by atoms with Crippen molar-refractivity contribution < 1.29 is 18.0 Å². The lowest BCUT2D eigenvalue weighted by molar-refractivity contribution is -0.135. The quantitative estimate of drug-likeness (QED) is 0.302. The number of benzene rings is 3. The second kappa shape index (κ2) is 13.6. The van der Waals surface area contributed by atoms with Gasteiger partial charge in [0.2, 0.25) is 15.9 Å². The number of likely N-dealkylation sites (tertiary alicyclic amines) is 1. The number of hydrogen-bond donors (Lipinski definition) is 0. The molecular weight excluding hydrogens is 558 g/mol. The number of nitrogens with zero attached hydrogens (tertiary/aromatic N) is 3. The molecule has 2 amide bonds. The van der Waals surface area contributed by atoms with Crippen LogP contribution < -0.4 is 0 Å². The van der Waals surface area contributed by atoms with E-state index in [1.807, 2.05) is 68.1 Å². The lowest BCUT2D eigenvalue weighted by atomic mass is 10.00. The Morgan fingerprint density at radius 2 is 1.63 bits per heavy atom. The summed E-state index contributed by atoms with van der Waals surface area (Å²) in [5.41, 5.74) is 3.45. The number of hydrogen-bond acceptors (Lipinski definition) is 4. The van der Waals surface area contributed by atoms with Gasteiger partial charge in [-0.3, -0.25) is 9.59 Å². The van der Waals surface area contributed by atoms with E-state index in [0.29, 0.717) is 49.5 Å². The number of amides is 2. The lowest BCUT2D eigenvalue weighted by Gasteiger charge is -2.39. The Morgan fingerprint density at radius 3 is 2.27 bits per heavy atom. The maximum atomic E-state index is 13.9. The van der Waals surface area contributed by atoms with Crippen LogP contribution in [0, 0.1) is 13.8 Å². The van der Waals surface area contributed by atoms with Crippen LogP contribution in [-0.4, -0.2) is 66.6 Å². The molecule has 7 nitrogen and oxygen atoms in total. The number of carbonyl (C=O) groups excluding carboxylic acids is 2. The summed E-state index contributed by atoms with van der Waals surface area (Å²) in [5, 5.41) is 0.572. The minimum absolute atomic E-state index is 0.00687. The smallest absolute Gasteiger partial charge is 0.254 e. The average Bonchev–Trinajstić information content (AvgIpc) is 2.96. The summed E-state index contributed by atoms with van der Waals surface area (Å²) in [7, 11) is -3.86. The highest BCUT2D eigenvalue weighted by molar-refractivity contribution is 7.89. The highest BCUT2D eigenvalue weighted by Crippen LogP contribution is 2.24. The molecule has 0 saturated carbocycles. The molecule has 1 aliphatic rings. The molecule has 0 N–H and O–H groups in total. The first-order chi connectivity index (χ1) is 19.6. The molecule has 41 heavy (non-hydrogen) atoms. The van der Waals surface area contributed by atoms with Crippen LogP contribution >= 0.6 is 11.6 Å². The number of piperidine rings is 1. The third-order valence-electron chi connectivity index (χ3n) is 7.57. The van der Waals surface area contributed by atoms with Crippen LogP contribution in [0.15, 0.2) is 77.7 Å². The molecular formula is C32H38ClN3O4S. The summed E-state index contributed by atoms with van der Waals surface area (Å²) in [6, 6.07) is 21.5. The Morgan fingerprint density at radius 1 is 0.951 bits per heavy atom. The molecule has 1 fully saturated rings. The van der Waals surface area contributed by atoms with Gasteiger partial charge in [-0.25, -0.2) is 8.42 Å². The Bertz CT molecular complexity index is 1470. The molecule has 3 aromatic rings. The van der Waals surface area contributed by atoms with Crippen LogP contribution in [0.25, 0.3) is 0 Å². The molecule has 9 heteroatoms. The molecule has 0 radical (unpaired) electrons. The Hall–Kier alpha value is -3.20. The third kappa shape index (κ3) is 7.56. The zero-order chi connectivity index (χ0) is 29.6. The van der Waals surface area contributed by atoms with E-state index >= 15 is 0 Å². The molecule has 1 aliphatic heterocycles. The number of rotatable bonds is 10. The Kier molecular flexibility index (Phi) is 10.2. The maximum absolute atomic E-state index is 13.9. The summed E-state index contributed by atoms with van der Waals surface area (Å²) in [4.78, 5) is 30.9. The molecule has 0 atom stereocenters. The van der Waals surface area contributed by atoms with E-state index in [0.717, 1.165) is 16.7 Å². The van der Waals surface area contributed by atoms with Gasteiger partial charge in [-0.05, 0) is 74.6 Å². The zero-order valence-corrected chi connectivity index (χ0v) is 25.5. The largest absolute Gasteiger partial charge is 0.338 e. The van der Waals surface area contributed by atoms with Gasteiger partial charge in [0.1, 0.15) is 0 Å². The van der Waals surface area contributed by atoms with Gasteiger partial charge in [-0.1, -0.05) is 66.6 Å². The highest BCUT2D eigenvalue weighted by atomic mass is 35.5. The average molecular weight is 596 g/mol. The molecule has 218 valence electrons. The van der Waals surface area contributed by atoms with E-state index in [1.165, 1.54) is 4.31 Å². The van der Waals surface area contributed by atoms with Crippen molar-refractivity contribution in [3.05, 3.63) is 100 Å². The van der Waals surface area contributed by atoms with Crippen molar-refractivity contribution in [1.82, 2.24) is 14.1 Å². The first-order valence-corrected chi connectivity index (χ1v) is 15.9. The van der Waals surface area contributed by atoms with Crippen molar-refractivity contribution in [2.75, 3.05) is 26.2 Å². The molecule has 1 heterocycles. The lowest BCUT2D eigenvalue weighted by Crippen LogP contribution is -2.51. The van der Waals surface area contributed by atoms with Gasteiger partial charge in [0, 0.05) is 42.8 Å². The molecule has 0 bridgehead atoms. The van der Waals surface area contributed by atoms with Crippen LogP contribution in [0.3, 0.4) is 0 Å². The second-order valence-corrected chi connectivity index (χ2v) is 13.0. The van der Waals surface area contributed by atoms with Gasteiger partial charge in [-0.15, -0.1) is 0 Å². The number of sulfonamides is 1. The molecule has 3 aromatic carbocycles. The predicted molar refractivity (Wildman–Crippen MR) is 162 cm³/mol. The molecule has 0 unspecified atom stereocenters. The summed E-state index contributed by atoms with van der Waals surface area (Å²) in [6.45, 7) is 7.03. The zero-order valence-electron chi connectivity index (χ0n) is 23.9. The minimum atomic E-state index is -3.86. The molecule has 1 saturated heterocycles. The number of halogens is 1. The van der Waals surface area contributed by atoms with Crippen molar-refractivity contribution in [3.63, 3.8) is 0 Å². The Balaban J connectivity index is 1.55. The monoisotopic (exact) mass is 595 g/mol. The highest BCUT2D eigenvalue weighted by Gasteiger charge is 2.33. The van der Waals surface area contributed by atoms with Crippen molar-refractivity contribution in [2.45, 2.75) is 57.5 Å². The fourth-order valence-corrected chi connectivity index (χ4v) is 6.95. The van der Waals surface area contributed by atoms with E-state index in [4.69, 9.17) is 11.6 Å². The molecule has 0 aliphatic carbocycles. The first kappa shape index (κ1) is 30.8. The van der Waals surface area contributed by atoms with E-state index in [9.17, 15) is 18.0 Å². The summed E-state index contributed by atoms with van der Waals surface area (Å²) in [6.07, 6.45) is 1.77. The number of carbonyl (C=O) groups is 2. The van der Waals surface area contributed by atoms with Crippen LogP contribution in [0.5, 0.6) is 0 Å². The fraction of sp³-hybridized carbons (Fsp3) is 0.375. The van der Waals surface area contributed by atoms with Crippen LogP contribution in [0.4, 0.5) is 0 Å². The van der Waals surface area contributed by atoms with Crippen LogP contribution in [0.1, 0.15) is 53.2 Å². The van der Waals surface area contributed by atoms with E-state index < -0.39 is 10.0 Å². The van der Waals surface area contributed by atoms with Crippen molar-refractivity contribution in [2.24, 2.45) is 0 Å². The van der Waals surface area contributed by atoms with E-state index in [2.05, 4.69) is 0 Å². The molecule has 4 rings (SSSR count). The maximum Gasteiger partial charge on any atom is 0.254 e. The van der Waals surface area contributed by atoms with Crippen molar-refractivity contribution >= 4 is 33.4 Å². The summed E-state index contributed by atoms with van der Waals surface area (Å²) < 4.78 is 28.4. The normalized spacial score (nSPS) is 14.3. The standard InChI is InChI=1S/C32H38ClN3O4S/c1-4-18-35(41(39,40)29-14-12-24(2)13-15-29)23-31(37)36(22-26-9-7-10-27(33)21-26)28-16-19-34(20-17-28)32(38)30-11-6-5-8-25(30)3/h5-15,21,28H,4,16-20,22-23H2,1-3H3. The second-order valence-electron chi connectivity index (χ2n) is 10.6. The minimum Gasteiger partial charge on any atom is -0.338 e. The third-order valence-corrected chi connectivity index (χ3v) is 9.67. The summed E-state index contributed by atoms with van der Waals surface area (Å²) >= 11 is 6.25. The fourth-order valence-electron chi connectivity index (χ4n) is 5.25. The van der Waals surface area contributed by atoms with Gasteiger partial charge < -0.3 is 9.80 Å². The van der Waals surface area contributed by atoms with E-state index in [-0.39, 0.29) is 35.8 Å². The van der Waals surface area contributed by atoms with Gasteiger partial charge >= 0.3 is 0 Å². The van der Waals surface area contributed by atoms with Crippen molar-refractivity contribution in [1.29, 1.82) is 0 Å². The van der Waals surface area contributed by atoms with Crippen LogP contribution in [-0.2, 0) is 21.4 Å². The first-order valence-electron chi connectivity index (χ1n) is 14.1. The van der Waals surface area contributed by atoms with Gasteiger partial charge in [0.05, 0.1) is 11.4 Å². The van der Waals surface area contributed by atoms with E-state index in [1.54, 1.807) is 35.2 Å². The van der Waals surface area contributed by atoms with Gasteiger partial charge in [-0.2, -0.15) is 4.31 Å². The SMILES string of the molecule is CCCN(CC(=O)N(Cc1cccc(Cl)c1)C1CCN(C(=O)c2ccccc2C)CC1)S(=O)(=O)c1ccc(C)cc1. The predicted octanol–water partition coefficient (Wildman–Crippen LogP) is 5.69. The summed E-state index contributed by atoms with van der Waals surface area (Å²) in [5.74, 6) is -0.273. The van der Waals surface area contributed by atoms with Gasteiger partial charge in [0.25, 0.3) is 5.91 Å².